The van der Waals surface area contributed by atoms with E-state index in [2.05, 4.69) is 0 Å². The predicted molar refractivity (Wildman–Crippen MR) is 151 cm³/mol. The fourth-order valence-electron chi connectivity index (χ4n) is 4.92. The summed E-state index contributed by atoms with van der Waals surface area (Å²) in [6.45, 7) is 9.70. The van der Waals surface area contributed by atoms with Gasteiger partial charge in [-0.25, -0.2) is 4.79 Å². The Hall–Kier alpha value is -3.77. The summed E-state index contributed by atoms with van der Waals surface area (Å²) in [4.78, 5) is 32.5. The molecule has 0 amide bonds. The molecule has 0 radical (unpaired) electrons. The molecular formula is C33H37NO5. The van der Waals surface area contributed by atoms with E-state index in [4.69, 9.17) is 19.2 Å². The molecule has 0 aliphatic carbocycles. The molecule has 6 heteroatoms. The van der Waals surface area contributed by atoms with Crippen LogP contribution in [0.2, 0.25) is 0 Å². The van der Waals surface area contributed by atoms with Gasteiger partial charge in [0.15, 0.2) is 6.04 Å². The van der Waals surface area contributed by atoms with Crippen LogP contribution in [0.1, 0.15) is 57.2 Å². The lowest BCUT2D eigenvalue weighted by molar-refractivity contribution is -0.256. The van der Waals surface area contributed by atoms with Crippen molar-refractivity contribution in [2.45, 2.75) is 59.0 Å². The van der Waals surface area contributed by atoms with Crippen LogP contribution in [0.15, 0.2) is 96.0 Å². The summed E-state index contributed by atoms with van der Waals surface area (Å²) in [6, 6.07) is 27.9. The van der Waals surface area contributed by atoms with Crippen molar-refractivity contribution in [3.8, 4) is 0 Å². The van der Waals surface area contributed by atoms with Crippen LogP contribution in [-0.2, 0) is 23.8 Å². The third kappa shape index (κ3) is 6.63. The molecule has 39 heavy (non-hydrogen) atoms. The summed E-state index contributed by atoms with van der Waals surface area (Å²) in [5.74, 6) is -2.38. The molecule has 6 nitrogen and oxygen atoms in total. The maximum atomic E-state index is 13.7. The molecule has 0 N–H and O–H groups in total. The number of benzene rings is 3. The maximum absolute atomic E-state index is 13.7. The van der Waals surface area contributed by atoms with Crippen molar-refractivity contribution in [1.82, 2.24) is 0 Å². The lowest BCUT2D eigenvalue weighted by Crippen LogP contribution is -2.51. The van der Waals surface area contributed by atoms with Crippen molar-refractivity contribution in [3.05, 3.63) is 108 Å². The van der Waals surface area contributed by atoms with Gasteiger partial charge in [-0.2, -0.15) is 0 Å². The summed E-state index contributed by atoms with van der Waals surface area (Å²) in [7, 11) is 0. The van der Waals surface area contributed by atoms with Gasteiger partial charge in [-0.3, -0.25) is 9.79 Å². The van der Waals surface area contributed by atoms with Crippen LogP contribution in [0.5, 0.6) is 0 Å². The number of ether oxygens (including phenoxy) is 3. The molecule has 3 aromatic carbocycles. The normalized spacial score (nSPS) is 20.8. The third-order valence-electron chi connectivity index (χ3n) is 6.85. The Morgan fingerprint density at radius 3 is 1.87 bits per heavy atom. The van der Waals surface area contributed by atoms with Crippen molar-refractivity contribution in [2.24, 2.45) is 16.3 Å². The van der Waals surface area contributed by atoms with Gasteiger partial charge < -0.3 is 14.2 Å². The highest BCUT2D eigenvalue weighted by atomic mass is 16.7. The number of esters is 2. The van der Waals surface area contributed by atoms with E-state index in [-0.39, 0.29) is 6.61 Å². The summed E-state index contributed by atoms with van der Waals surface area (Å²) in [5.41, 5.74) is 2.73. The van der Waals surface area contributed by atoms with Crippen molar-refractivity contribution in [1.29, 1.82) is 0 Å². The molecule has 0 bridgehead atoms. The number of nitrogens with zero attached hydrogens (tertiary/aromatic N) is 1. The Morgan fingerprint density at radius 1 is 0.897 bits per heavy atom. The summed E-state index contributed by atoms with van der Waals surface area (Å²) < 4.78 is 17.7. The highest BCUT2D eigenvalue weighted by Crippen LogP contribution is 2.41. The average Bonchev–Trinajstić information content (AvgIpc) is 2.93. The topological polar surface area (TPSA) is 74.2 Å². The average molecular weight is 528 g/mol. The number of hydrogen-bond donors (Lipinski definition) is 0. The minimum atomic E-state index is -1.03. The van der Waals surface area contributed by atoms with Crippen molar-refractivity contribution >= 4 is 17.7 Å². The fraction of sp³-hybridized carbons (Fsp3) is 0.364. The SMILES string of the molecule is CCOC(=O)[C@H](N=C(c1ccccc1)c1ccccc1)[C@H](c1ccccc1)[C@H]1C(=O)O[C@H](C(C)(C)C)O[C@@H]1C. The van der Waals surface area contributed by atoms with E-state index in [9.17, 15) is 9.59 Å². The van der Waals surface area contributed by atoms with Crippen molar-refractivity contribution < 1.29 is 23.8 Å². The fourth-order valence-corrected chi connectivity index (χ4v) is 4.92. The molecule has 1 aliphatic rings. The molecule has 0 unspecified atom stereocenters. The van der Waals surface area contributed by atoms with Gasteiger partial charge in [0.2, 0.25) is 6.29 Å². The smallest absolute Gasteiger partial charge is 0.331 e. The second-order valence-corrected chi connectivity index (χ2v) is 10.8. The van der Waals surface area contributed by atoms with Crippen molar-refractivity contribution in [2.75, 3.05) is 6.61 Å². The van der Waals surface area contributed by atoms with Crippen LogP contribution in [0, 0.1) is 11.3 Å². The number of hydrogen-bond acceptors (Lipinski definition) is 6. The lowest BCUT2D eigenvalue weighted by Gasteiger charge is -2.42. The zero-order valence-electron chi connectivity index (χ0n) is 23.2. The number of cyclic esters (lactones) is 1. The van der Waals surface area contributed by atoms with E-state index in [1.807, 2.05) is 119 Å². The zero-order chi connectivity index (χ0) is 28.0. The van der Waals surface area contributed by atoms with E-state index in [1.54, 1.807) is 6.92 Å². The molecule has 204 valence electrons. The van der Waals surface area contributed by atoms with Crippen LogP contribution < -0.4 is 0 Å². The Bertz CT molecular complexity index is 1230. The summed E-state index contributed by atoms with van der Waals surface area (Å²) >= 11 is 0. The predicted octanol–water partition coefficient (Wildman–Crippen LogP) is 6.19. The largest absolute Gasteiger partial charge is 0.464 e. The standard InChI is InChI=1S/C33H37NO5/c1-6-37-31(36)29(34-28(24-18-12-8-13-19-24)25-20-14-9-15-21-25)27(23-16-10-7-11-17-23)26-22(2)38-32(33(3,4)5)39-30(26)35/h7-22,26-27,29,32H,6H2,1-5H3/t22-,26+,27-,29-,32-/m1/s1. The second kappa shape index (κ2) is 12.4. The molecule has 0 spiro atoms. The van der Waals surface area contributed by atoms with Gasteiger partial charge in [-0.05, 0) is 19.4 Å². The van der Waals surface area contributed by atoms with Crippen LogP contribution in [0.4, 0.5) is 0 Å². The van der Waals surface area contributed by atoms with Crippen LogP contribution >= 0.6 is 0 Å². The van der Waals surface area contributed by atoms with E-state index < -0.39 is 47.6 Å². The molecular weight excluding hydrogens is 490 g/mol. The molecule has 3 aromatic rings. The van der Waals surface area contributed by atoms with Crippen molar-refractivity contribution in [3.63, 3.8) is 0 Å². The van der Waals surface area contributed by atoms with Gasteiger partial charge in [-0.1, -0.05) is 112 Å². The first-order chi connectivity index (χ1) is 18.7. The molecule has 5 atom stereocenters. The molecule has 1 aliphatic heterocycles. The summed E-state index contributed by atoms with van der Waals surface area (Å²) in [5, 5.41) is 0. The first-order valence-electron chi connectivity index (χ1n) is 13.5. The Labute approximate surface area is 231 Å². The first kappa shape index (κ1) is 28.2. The Kier molecular flexibility index (Phi) is 8.97. The van der Waals surface area contributed by atoms with E-state index in [0.717, 1.165) is 16.7 Å². The quantitative estimate of drug-likeness (QED) is 0.258. The van der Waals surface area contributed by atoms with Gasteiger partial charge >= 0.3 is 11.9 Å². The minimum Gasteiger partial charge on any atom is -0.464 e. The highest BCUT2D eigenvalue weighted by molar-refractivity contribution is 6.13. The van der Waals surface area contributed by atoms with Gasteiger partial charge in [0.05, 0.1) is 24.3 Å². The number of carbonyl (C=O) groups is 2. The van der Waals surface area contributed by atoms with E-state index in [1.165, 1.54) is 0 Å². The minimum absolute atomic E-state index is 0.186. The molecule has 0 saturated carbocycles. The van der Waals surface area contributed by atoms with E-state index in [0.29, 0.717) is 5.71 Å². The third-order valence-corrected chi connectivity index (χ3v) is 6.85. The number of aliphatic imine (C=N–C) groups is 1. The zero-order valence-corrected chi connectivity index (χ0v) is 23.2. The Morgan fingerprint density at radius 2 is 1.41 bits per heavy atom. The van der Waals surface area contributed by atoms with E-state index >= 15 is 0 Å². The second-order valence-electron chi connectivity index (χ2n) is 10.8. The van der Waals surface area contributed by atoms with Gasteiger partial charge in [-0.15, -0.1) is 0 Å². The van der Waals surface area contributed by atoms with Crippen LogP contribution in [0.3, 0.4) is 0 Å². The van der Waals surface area contributed by atoms with Crippen LogP contribution in [0.25, 0.3) is 0 Å². The molecule has 0 aromatic heterocycles. The van der Waals surface area contributed by atoms with Gasteiger partial charge in [0.1, 0.15) is 0 Å². The van der Waals surface area contributed by atoms with Gasteiger partial charge in [0, 0.05) is 22.5 Å². The van der Waals surface area contributed by atoms with Gasteiger partial charge in [0.25, 0.3) is 0 Å². The summed E-state index contributed by atoms with van der Waals surface area (Å²) in [6.07, 6.45) is -1.22. The number of rotatable bonds is 8. The lowest BCUT2D eigenvalue weighted by atomic mass is 9.77. The number of carbonyl (C=O) groups excluding carboxylic acids is 2. The highest BCUT2D eigenvalue weighted by Gasteiger charge is 2.49. The molecule has 1 heterocycles. The Balaban J connectivity index is 1.90. The first-order valence-corrected chi connectivity index (χ1v) is 13.5. The molecule has 1 fully saturated rings. The monoisotopic (exact) mass is 527 g/mol. The van der Waals surface area contributed by atoms with Crippen LogP contribution in [-0.4, -0.2) is 42.7 Å². The maximum Gasteiger partial charge on any atom is 0.331 e. The molecule has 4 rings (SSSR count). The molecule has 1 saturated heterocycles.